The lowest BCUT2D eigenvalue weighted by Gasteiger charge is -2.21. The highest BCUT2D eigenvalue weighted by Gasteiger charge is 2.36. The van der Waals surface area contributed by atoms with E-state index in [-0.39, 0.29) is 0 Å². The summed E-state index contributed by atoms with van der Waals surface area (Å²) in [6.07, 6.45) is 1.65. The van der Waals surface area contributed by atoms with E-state index in [0.717, 1.165) is 11.8 Å². The molecule has 0 bridgehead atoms. The monoisotopic (exact) mass is 228 g/mol. The summed E-state index contributed by atoms with van der Waals surface area (Å²) in [5.41, 5.74) is 0. The highest BCUT2D eigenvalue weighted by Crippen LogP contribution is 2.55. The predicted molar refractivity (Wildman–Crippen MR) is 50.7 cm³/mol. The number of thioether (sulfide) groups is 1. The Kier molecular flexibility index (Phi) is 5.64. The summed E-state index contributed by atoms with van der Waals surface area (Å²) in [5.74, 6) is -0.520. The second-order valence-electron chi connectivity index (χ2n) is 2.06. The molecular weight excluding hydrogens is 215 g/mol. The van der Waals surface area contributed by atoms with Crippen LogP contribution in [-0.4, -0.2) is 31.6 Å². The zero-order valence-electron chi connectivity index (χ0n) is 7.97. The van der Waals surface area contributed by atoms with E-state index in [1.807, 2.05) is 0 Å². The molecule has 1 unspecified atom stereocenters. The number of rotatable bonds is 5. The fourth-order valence-corrected chi connectivity index (χ4v) is 3.18. The molecule has 0 saturated carbocycles. The van der Waals surface area contributed by atoms with Gasteiger partial charge in [0.1, 0.15) is 0 Å². The van der Waals surface area contributed by atoms with Gasteiger partial charge in [-0.3, -0.25) is 9.36 Å². The van der Waals surface area contributed by atoms with E-state index in [0.29, 0.717) is 0 Å². The molecule has 0 aliphatic rings. The van der Waals surface area contributed by atoms with E-state index in [4.69, 9.17) is 4.74 Å². The first kappa shape index (κ1) is 13.0. The lowest BCUT2D eigenvalue weighted by molar-refractivity contribution is -0.140. The lowest BCUT2D eigenvalue weighted by atomic mass is 10.8. The first-order valence-corrected chi connectivity index (χ1v) is 6.31. The van der Waals surface area contributed by atoms with Crippen molar-refractivity contribution in [2.45, 2.75) is 12.1 Å². The van der Waals surface area contributed by atoms with Crippen molar-refractivity contribution in [3.63, 3.8) is 0 Å². The van der Waals surface area contributed by atoms with Gasteiger partial charge in [0.15, 0.2) is 0 Å². The van der Waals surface area contributed by atoms with Crippen LogP contribution in [0.25, 0.3) is 0 Å². The van der Waals surface area contributed by atoms with Crippen LogP contribution in [0.3, 0.4) is 0 Å². The maximum Gasteiger partial charge on any atom is 0.380 e. The molecule has 78 valence electrons. The summed E-state index contributed by atoms with van der Waals surface area (Å²) in [6, 6.07) is 0. The van der Waals surface area contributed by atoms with Gasteiger partial charge in [-0.05, 0) is 6.26 Å². The second kappa shape index (κ2) is 5.65. The molecule has 0 heterocycles. The Morgan fingerprint density at radius 3 is 2.08 bits per heavy atom. The van der Waals surface area contributed by atoms with E-state index in [9.17, 15) is 9.36 Å². The molecule has 0 aromatic rings. The van der Waals surface area contributed by atoms with Crippen LogP contribution in [0.1, 0.15) is 6.92 Å². The van der Waals surface area contributed by atoms with Crippen molar-refractivity contribution < 1.29 is 23.1 Å². The molecule has 1 atom stereocenters. The third-order valence-electron chi connectivity index (χ3n) is 1.24. The number of carbonyl (C=O) groups is 1. The first-order chi connectivity index (χ1) is 6.00. The molecule has 0 radical (unpaired) electrons. The van der Waals surface area contributed by atoms with Crippen LogP contribution in [-0.2, 0) is 23.1 Å². The molecule has 0 aromatic heterocycles. The number of esters is 1. The van der Waals surface area contributed by atoms with E-state index in [2.05, 4.69) is 9.05 Å². The van der Waals surface area contributed by atoms with Gasteiger partial charge in [-0.25, -0.2) is 0 Å². The Bertz CT molecular complexity index is 211. The second-order valence-corrected chi connectivity index (χ2v) is 5.59. The van der Waals surface area contributed by atoms with Crippen molar-refractivity contribution in [2.75, 3.05) is 20.5 Å². The van der Waals surface area contributed by atoms with Gasteiger partial charge in [0.25, 0.3) is 0 Å². The van der Waals surface area contributed by atoms with Crippen LogP contribution >= 0.6 is 19.4 Å². The molecular formula is C6H13O5PS. The first-order valence-electron chi connectivity index (χ1n) is 3.41. The minimum absolute atomic E-state index is 0.520. The minimum Gasteiger partial charge on any atom is -0.438 e. The van der Waals surface area contributed by atoms with Gasteiger partial charge in [-0.2, -0.15) is 0 Å². The Morgan fingerprint density at radius 2 is 1.85 bits per heavy atom. The molecule has 0 spiro atoms. The molecule has 0 aliphatic heterocycles. The fourth-order valence-electron chi connectivity index (χ4n) is 0.630. The van der Waals surface area contributed by atoms with Crippen LogP contribution < -0.4 is 0 Å². The van der Waals surface area contributed by atoms with Gasteiger partial charge in [0, 0.05) is 21.1 Å². The van der Waals surface area contributed by atoms with Crippen molar-refractivity contribution in [2.24, 2.45) is 0 Å². The summed E-state index contributed by atoms with van der Waals surface area (Å²) >= 11 is 1.10. The summed E-state index contributed by atoms with van der Waals surface area (Å²) in [7, 11) is -0.831. The molecule has 0 aliphatic carbocycles. The minimum atomic E-state index is -3.33. The van der Waals surface area contributed by atoms with E-state index >= 15 is 0 Å². The molecule has 13 heavy (non-hydrogen) atoms. The zero-order valence-corrected chi connectivity index (χ0v) is 9.68. The van der Waals surface area contributed by atoms with Crippen LogP contribution in [0.2, 0.25) is 0 Å². The molecule has 0 N–H and O–H groups in total. The van der Waals surface area contributed by atoms with E-state index in [1.54, 1.807) is 6.26 Å². The predicted octanol–water partition coefficient (Wildman–Crippen LogP) is 1.68. The van der Waals surface area contributed by atoms with Crippen molar-refractivity contribution in [1.29, 1.82) is 0 Å². The topological polar surface area (TPSA) is 61.8 Å². The molecule has 7 heteroatoms. The third-order valence-corrected chi connectivity index (χ3v) is 4.78. The quantitative estimate of drug-likeness (QED) is 0.405. The van der Waals surface area contributed by atoms with Crippen LogP contribution in [0.4, 0.5) is 0 Å². The standard InChI is InChI=1S/C6H13O5PS/c1-5(7)11-6(13-4)12(8,9-2)10-3/h6H,1-4H3. The van der Waals surface area contributed by atoms with Crippen molar-refractivity contribution in [1.82, 2.24) is 0 Å². The average molecular weight is 228 g/mol. The van der Waals surface area contributed by atoms with Gasteiger partial charge in [-0.1, -0.05) is 0 Å². The van der Waals surface area contributed by atoms with Gasteiger partial charge < -0.3 is 13.8 Å². The molecule has 0 fully saturated rings. The molecule has 0 amide bonds. The van der Waals surface area contributed by atoms with Gasteiger partial charge in [0.05, 0.1) is 0 Å². The number of carbonyl (C=O) groups excluding carboxylic acids is 1. The van der Waals surface area contributed by atoms with E-state index in [1.165, 1.54) is 21.1 Å². The number of ether oxygens (including phenoxy) is 1. The van der Waals surface area contributed by atoms with Crippen molar-refractivity contribution in [3.05, 3.63) is 0 Å². The SMILES string of the molecule is COP(=O)(OC)C(OC(C)=O)SC. The largest absolute Gasteiger partial charge is 0.438 e. The summed E-state index contributed by atoms with van der Waals surface area (Å²) in [4.78, 5) is 10.6. The van der Waals surface area contributed by atoms with Gasteiger partial charge in [-0.15, -0.1) is 11.8 Å². The van der Waals surface area contributed by atoms with Crippen LogP contribution in [0.5, 0.6) is 0 Å². The van der Waals surface area contributed by atoms with Crippen molar-refractivity contribution >= 4 is 25.3 Å². The highest BCUT2D eigenvalue weighted by molar-refractivity contribution is 8.04. The Morgan fingerprint density at radius 1 is 1.38 bits per heavy atom. The Hall–Kier alpha value is -0.0300. The summed E-state index contributed by atoms with van der Waals surface area (Å²) < 4.78 is 25.8. The maximum atomic E-state index is 11.7. The number of hydrogen-bond donors (Lipinski definition) is 0. The van der Waals surface area contributed by atoms with Crippen molar-refractivity contribution in [3.8, 4) is 0 Å². The smallest absolute Gasteiger partial charge is 0.380 e. The molecule has 0 aromatic carbocycles. The zero-order chi connectivity index (χ0) is 10.5. The van der Waals surface area contributed by atoms with Crippen LogP contribution in [0, 0.1) is 0 Å². The molecule has 5 nitrogen and oxygen atoms in total. The van der Waals surface area contributed by atoms with E-state index < -0.39 is 18.7 Å². The maximum absolute atomic E-state index is 11.7. The molecule has 0 rings (SSSR count). The Labute approximate surface area is 81.7 Å². The summed E-state index contributed by atoms with van der Waals surface area (Å²) in [6.45, 7) is 1.23. The Balaban J connectivity index is 4.53. The normalized spacial score (nSPS) is 13.8. The highest BCUT2D eigenvalue weighted by atomic mass is 32.2. The fraction of sp³-hybridized carbons (Fsp3) is 0.833. The van der Waals surface area contributed by atoms with Crippen LogP contribution in [0.15, 0.2) is 0 Å². The third kappa shape index (κ3) is 3.68. The van der Waals surface area contributed by atoms with Gasteiger partial charge >= 0.3 is 13.6 Å². The van der Waals surface area contributed by atoms with Gasteiger partial charge in [0.2, 0.25) is 5.18 Å². The number of hydrogen-bond acceptors (Lipinski definition) is 6. The lowest BCUT2D eigenvalue weighted by Crippen LogP contribution is -2.14. The molecule has 0 saturated heterocycles. The average Bonchev–Trinajstić information content (AvgIpc) is 2.12. The summed E-state index contributed by atoms with van der Waals surface area (Å²) in [5, 5.41) is -0.903.